The summed E-state index contributed by atoms with van der Waals surface area (Å²) in [5.74, 6) is 0.445. The van der Waals surface area contributed by atoms with Gasteiger partial charge in [-0.05, 0) is 31.9 Å². The number of carbonyl (C=O) groups excluding carboxylic acids is 1. The molecule has 1 aliphatic carbocycles. The third-order valence-corrected chi connectivity index (χ3v) is 6.33. The van der Waals surface area contributed by atoms with E-state index < -0.39 is 6.10 Å². The molecule has 184 valence electrons. The van der Waals surface area contributed by atoms with Crippen LogP contribution in [-0.4, -0.2) is 73.8 Å². The molecule has 3 aromatic rings. The highest BCUT2D eigenvalue weighted by molar-refractivity contribution is 6.36. The SMILES string of the molecule is CC(O)CN1CCN(c2cc(C#N)cc(Nc3nc(NC4CC4)c4ncc(C#N)n4n3)c2Cl)C(=O)C1. The highest BCUT2D eigenvalue weighted by Gasteiger charge is 2.29. The highest BCUT2D eigenvalue weighted by Crippen LogP contribution is 2.37. The van der Waals surface area contributed by atoms with E-state index in [2.05, 4.69) is 37.8 Å². The van der Waals surface area contributed by atoms with Crippen molar-refractivity contribution in [2.45, 2.75) is 31.9 Å². The third-order valence-electron chi connectivity index (χ3n) is 5.94. The van der Waals surface area contributed by atoms with E-state index in [9.17, 15) is 20.4 Å². The molecule has 36 heavy (non-hydrogen) atoms. The number of aromatic nitrogens is 4. The summed E-state index contributed by atoms with van der Waals surface area (Å²) in [7, 11) is 0. The molecule has 3 heterocycles. The number of fused-ring (bicyclic) bond motifs is 1. The number of piperazine rings is 1. The lowest BCUT2D eigenvalue weighted by Crippen LogP contribution is -2.52. The van der Waals surface area contributed by atoms with Gasteiger partial charge in [0.2, 0.25) is 11.9 Å². The second-order valence-corrected chi connectivity index (χ2v) is 9.29. The van der Waals surface area contributed by atoms with E-state index in [0.717, 1.165) is 12.8 Å². The lowest BCUT2D eigenvalue weighted by molar-refractivity contribution is -0.121. The van der Waals surface area contributed by atoms with Gasteiger partial charge in [-0.15, -0.1) is 5.10 Å². The van der Waals surface area contributed by atoms with Gasteiger partial charge in [0.15, 0.2) is 17.2 Å². The number of β-amino-alcohol motifs (C(OH)–C–C–N with tert-alkyl or cyclic N) is 1. The van der Waals surface area contributed by atoms with Gasteiger partial charge in [-0.25, -0.2) is 4.98 Å². The maximum atomic E-state index is 12.9. The molecule has 1 aliphatic heterocycles. The molecule has 1 saturated carbocycles. The van der Waals surface area contributed by atoms with Crippen molar-refractivity contribution in [3.63, 3.8) is 0 Å². The van der Waals surface area contributed by atoms with Crippen molar-refractivity contribution in [2.24, 2.45) is 0 Å². The van der Waals surface area contributed by atoms with Crippen LogP contribution in [0.5, 0.6) is 0 Å². The molecule has 5 rings (SSSR count). The van der Waals surface area contributed by atoms with Crippen molar-refractivity contribution >= 4 is 46.3 Å². The molecule has 3 N–H and O–H groups in total. The Labute approximate surface area is 211 Å². The maximum Gasteiger partial charge on any atom is 0.247 e. The number of hydrogen-bond donors (Lipinski definition) is 3. The van der Waals surface area contributed by atoms with Crippen molar-refractivity contribution in [1.82, 2.24) is 24.5 Å². The molecule has 13 heteroatoms. The number of rotatable bonds is 7. The topological polar surface area (TPSA) is 158 Å². The number of hydrogen-bond acceptors (Lipinski definition) is 10. The first kappa shape index (κ1) is 23.8. The number of anilines is 4. The predicted molar refractivity (Wildman–Crippen MR) is 132 cm³/mol. The minimum Gasteiger partial charge on any atom is -0.392 e. The average Bonchev–Trinajstić information content (AvgIpc) is 3.56. The largest absolute Gasteiger partial charge is 0.392 e. The van der Waals surface area contributed by atoms with Gasteiger partial charge in [-0.1, -0.05) is 11.6 Å². The van der Waals surface area contributed by atoms with E-state index in [0.29, 0.717) is 48.0 Å². The molecule has 0 bridgehead atoms. The van der Waals surface area contributed by atoms with E-state index >= 15 is 0 Å². The normalized spacial score (nSPS) is 17.0. The van der Waals surface area contributed by atoms with Crippen LogP contribution in [0.4, 0.5) is 23.1 Å². The molecule has 1 aromatic carbocycles. The van der Waals surface area contributed by atoms with E-state index in [1.165, 1.54) is 10.7 Å². The molecule has 2 aliphatic rings. The van der Waals surface area contributed by atoms with E-state index in [1.807, 2.05) is 4.90 Å². The van der Waals surface area contributed by atoms with Crippen LogP contribution < -0.4 is 15.5 Å². The van der Waals surface area contributed by atoms with Gasteiger partial charge in [0.1, 0.15) is 6.07 Å². The minimum absolute atomic E-state index is 0.133. The standard InChI is InChI=1S/C23H23ClN10O2/c1-13(35)11-32-4-5-33(19(36)12-32)18-7-14(8-25)6-17(20(18)24)29-23-30-21(28-15-2-3-15)22-27-10-16(9-26)34(22)31-23/h6-7,10,13,15,35H,2-5,11-12H2,1H3,(H2,28,29,30,31). The molecule has 1 atom stereocenters. The Morgan fingerprint density at radius 3 is 2.75 bits per heavy atom. The van der Waals surface area contributed by atoms with Gasteiger partial charge >= 0.3 is 0 Å². The zero-order valence-electron chi connectivity index (χ0n) is 19.4. The summed E-state index contributed by atoms with van der Waals surface area (Å²) in [5, 5.41) is 39.7. The minimum atomic E-state index is -0.542. The van der Waals surface area contributed by atoms with Gasteiger partial charge < -0.3 is 20.6 Å². The number of benzene rings is 1. The number of amides is 1. The summed E-state index contributed by atoms with van der Waals surface area (Å²) < 4.78 is 1.40. The second-order valence-electron chi connectivity index (χ2n) is 8.92. The summed E-state index contributed by atoms with van der Waals surface area (Å²) >= 11 is 6.73. The second kappa shape index (κ2) is 9.59. The molecule has 2 fully saturated rings. The van der Waals surface area contributed by atoms with Gasteiger partial charge in [0.25, 0.3) is 0 Å². The van der Waals surface area contributed by atoms with Gasteiger partial charge in [0.05, 0.1) is 46.9 Å². The molecule has 0 spiro atoms. The lowest BCUT2D eigenvalue weighted by Gasteiger charge is -2.35. The zero-order chi connectivity index (χ0) is 25.4. The monoisotopic (exact) mass is 506 g/mol. The number of imidazole rings is 1. The average molecular weight is 507 g/mol. The van der Waals surface area contributed by atoms with Crippen molar-refractivity contribution in [3.05, 3.63) is 34.6 Å². The Bertz CT molecular complexity index is 1420. The van der Waals surface area contributed by atoms with Crippen molar-refractivity contribution < 1.29 is 9.90 Å². The molecule has 0 radical (unpaired) electrons. The first-order chi connectivity index (χ1) is 17.4. The fraction of sp³-hybridized carbons (Fsp3) is 0.391. The smallest absolute Gasteiger partial charge is 0.247 e. The number of halogens is 1. The summed E-state index contributed by atoms with van der Waals surface area (Å²) in [6.45, 7) is 3.12. The van der Waals surface area contributed by atoms with Crippen LogP contribution in [0.25, 0.3) is 5.65 Å². The number of nitrogens with zero attached hydrogens (tertiary/aromatic N) is 8. The number of carbonyl (C=O) groups is 1. The van der Waals surface area contributed by atoms with Crippen LogP contribution in [0.1, 0.15) is 31.0 Å². The van der Waals surface area contributed by atoms with E-state index in [4.69, 9.17) is 11.6 Å². The first-order valence-corrected chi connectivity index (χ1v) is 11.9. The summed E-state index contributed by atoms with van der Waals surface area (Å²) in [6, 6.07) is 7.58. The van der Waals surface area contributed by atoms with Crippen LogP contribution in [-0.2, 0) is 4.79 Å². The maximum absolute atomic E-state index is 12.9. The first-order valence-electron chi connectivity index (χ1n) is 11.5. The molecular formula is C23H23ClN10O2. The van der Waals surface area contributed by atoms with Crippen molar-refractivity contribution in [3.8, 4) is 12.1 Å². The Morgan fingerprint density at radius 2 is 2.08 bits per heavy atom. The Kier molecular flexibility index (Phi) is 6.33. The van der Waals surface area contributed by atoms with E-state index in [-0.39, 0.29) is 35.2 Å². The molecule has 2 aromatic heterocycles. The predicted octanol–water partition coefficient (Wildman–Crippen LogP) is 1.87. The Balaban J connectivity index is 1.49. The number of nitriles is 2. The molecule has 1 unspecified atom stereocenters. The summed E-state index contributed by atoms with van der Waals surface area (Å²) in [6.07, 6.45) is 2.92. The lowest BCUT2D eigenvalue weighted by atomic mass is 10.1. The summed E-state index contributed by atoms with van der Waals surface area (Å²) in [5.41, 5.74) is 1.72. The third kappa shape index (κ3) is 4.75. The fourth-order valence-electron chi connectivity index (χ4n) is 4.12. The quantitative estimate of drug-likeness (QED) is 0.431. The number of nitrogens with one attached hydrogen (secondary N) is 2. The fourth-order valence-corrected chi connectivity index (χ4v) is 4.37. The Hall–Kier alpha value is -3.97. The molecular weight excluding hydrogens is 484 g/mol. The van der Waals surface area contributed by atoms with Crippen molar-refractivity contribution in [2.75, 3.05) is 41.7 Å². The van der Waals surface area contributed by atoms with Gasteiger partial charge in [0, 0.05) is 25.7 Å². The van der Waals surface area contributed by atoms with Crippen LogP contribution >= 0.6 is 11.6 Å². The van der Waals surface area contributed by atoms with Crippen molar-refractivity contribution in [1.29, 1.82) is 10.5 Å². The molecule has 1 amide bonds. The highest BCUT2D eigenvalue weighted by atomic mass is 35.5. The van der Waals surface area contributed by atoms with Crippen LogP contribution in [0, 0.1) is 22.7 Å². The number of aliphatic hydroxyl groups excluding tert-OH is 1. The van der Waals surface area contributed by atoms with Gasteiger partial charge in [-0.2, -0.15) is 20.0 Å². The molecule has 12 nitrogen and oxygen atoms in total. The Morgan fingerprint density at radius 1 is 1.28 bits per heavy atom. The van der Waals surface area contributed by atoms with Gasteiger partial charge in [-0.3, -0.25) is 9.69 Å². The van der Waals surface area contributed by atoms with Crippen LogP contribution in [0.3, 0.4) is 0 Å². The van der Waals surface area contributed by atoms with Crippen LogP contribution in [0.2, 0.25) is 5.02 Å². The van der Waals surface area contributed by atoms with E-state index in [1.54, 1.807) is 24.0 Å². The summed E-state index contributed by atoms with van der Waals surface area (Å²) in [4.78, 5) is 25.1. The number of aliphatic hydroxyl groups is 1. The molecule has 1 saturated heterocycles. The van der Waals surface area contributed by atoms with Crippen LogP contribution in [0.15, 0.2) is 18.3 Å². The zero-order valence-corrected chi connectivity index (χ0v) is 20.2.